The minimum absolute atomic E-state index is 0.0701. The third kappa shape index (κ3) is 5.90. The molecule has 2 N–H and O–H groups in total. The first-order valence-electron chi connectivity index (χ1n) is 9.54. The molecule has 0 aliphatic carbocycles. The largest absolute Gasteiger partial charge is 0.384 e. The van der Waals surface area contributed by atoms with Gasteiger partial charge in [0.1, 0.15) is 5.82 Å². The molecule has 7 nitrogen and oxygen atoms in total. The monoisotopic (exact) mass is 464 g/mol. The molecule has 3 aromatic rings. The maximum Gasteiger partial charge on any atom is 0.243 e. The summed E-state index contributed by atoms with van der Waals surface area (Å²) >= 11 is 5.99. The lowest BCUT2D eigenvalue weighted by Gasteiger charge is -2.17. The van der Waals surface area contributed by atoms with Crippen molar-refractivity contribution in [3.8, 4) is 0 Å². The second-order valence-electron chi connectivity index (χ2n) is 6.87. The molecule has 0 aliphatic rings. The number of hydrogen-bond acceptors (Lipinski definition) is 5. The van der Waals surface area contributed by atoms with Gasteiger partial charge in [0.2, 0.25) is 15.9 Å². The molecule has 0 atom stereocenters. The maximum atomic E-state index is 13.0. The highest BCUT2D eigenvalue weighted by atomic mass is 35.5. The third-order valence-corrected chi connectivity index (χ3v) is 6.64. The van der Waals surface area contributed by atoms with E-state index >= 15 is 0 Å². The van der Waals surface area contributed by atoms with Crippen molar-refractivity contribution in [1.82, 2.24) is 14.6 Å². The van der Waals surface area contributed by atoms with Crippen molar-refractivity contribution >= 4 is 44.1 Å². The van der Waals surface area contributed by atoms with Crippen LogP contribution in [0.25, 0.3) is 10.9 Å². The molecule has 1 aromatic heterocycles. The van der Waals surface area contributed by atoms with Crippen molar-refractivity contribution in [1.29, 1.82) is 0 Å². The zero-order chi connectivity index (χ0) is 22.4. The number of carbonyl (C=O) groups is 1. The molecule has 0 bridgehead atoms. The van der Waals surface area contributed by atoms with Crippen LogP contribution in [-0.2, 0) is 14.8 Å². The zero-order valence-electron chi connectivity index (χ0n) is 16.8. The van der Waals surface area contributed by atoms with E-state index in [0.29, 0.717) is 24.5 Å². The zero-order valence-corrected chi connectivity index (χ0v) is 18.4. The van der Waals surface area contributed by atoms with Crippen LogP contribution in [0.3, 0.4) is 0 Å². The number of nitrogens with one attached hydrogen (secondary N) is 2. The van der Waals surface area contributed by atoms with Crippen molar-refractivity contribution in [3.63, 3.8) is 0 Å². The Labute approximate surface area is 185 Å². The summed E-state index contributed by atoms with van der Waals surface area (Å²) in [6, 6.07) is 11.8. The lowest BCUT2D eigenvalue weighted by molar-refractivity contribution is -0.121. The van der Waals surface area contributed by atoms with Gasteiger partial charge < -0.3 is 10.6 Å². The summed E-state index contributed by atoms with van der Waals surface area (Å²) in [7, 11) is -2.56. The number of fused-ring (bicyclic) bond motifs is 1. The number of amides is 1. The summed E-state index contributed by atoms with van der Waals surface area (Å²) in [6.07, 6.45) is 2.33. The summed E-state index contributed by atoms with van der Waals surface area (Å²) in [5, 5.41) is 7.57. The molecule has 0 radical (unpaired) electrons. The summed E-state index contributed by atoms with van der Waals surface area (Å²) in [5.41, 5.74) is 1.70. The number of pyridine rings is 1. The van der Waals surface area contributed by atoms with Crippen molar-refractivity contribution in [2.75, 3.05) is 32.0 Å². The van der Waals surface area contributed by atoms with Gasteiger partial charge in [0, 0.05) is 42.4 Å². The third-order valence-electron chi connectivity index (χ3n) is 4.58. The molecule has 164 valence electrons. The van der Waals surface area contributed by atoms with Gasteiger partial charge in [-0.3, -0.25) is 9.78 Å². The van der Waals surface area contributed by atoms with Crippen LogP contribution in [0.15, 0.2) is 59.6 Å². The standard InChI is InChI=1S/C21H22ClFN4O3S/c1-27(31(29,30)17-6-4-16(23)5-7-17)14-21(28)26-11-2-10-24-19-9-12-25-20-13-15(22)3-8-18(19)20/h3-9,12-13H,2,10-11,14H2,1H3,(H,24,25)(H,26,28). The number of halogens is 2. The minimum Gasteiger partial charge on any atom is -0.384 e. The first kappa shape index (κ1) is 22.9. The second kappa shape index (κ2) is 10.0. The topological polar surface area (TPSA) is 91.4 Å². The Balaban J connectivity index is 1.45. The van der Waals surface area contributed by atoms with Crippen LogP contribution >= 0.6 is 11.6 Å². The highest BCUT2D eigenvalue weighted by Crippen LogP contribution is 2.24. The lowest BCUT2D eigenvalue weighted by atomic mass is 10.2. The highest BCUT2D eigenvalue weighted by Gasteiger charge is 2.22. The number of benzene rings is 2. The van der Waals surface area contributed by atoms with Gasteiger partial charge in [-0.1, -0.05) is 11.6 Å². The summed E-state index contributed by atoms with van der Waals surface area (Å²) < 4.78 is 38.8. The van der Waals surface area contributed by atoms with Crippen LogP contribution < -0.4 is 10.6 Å². The molecule has 2 aromatic carbocycles. The molecular formula is C21H22ClFN4O3S. The van der Waals surface area contributed by atoms with Gasteiger partial charge in [0.25, 0.3) is 0 Å². The molecule has 31 heavy (non-hydrogen) atoms. The average Bonchev–Trinajstić information content (AvgIpc) is 2.73. The maximum absolute atomic E-state index is 13.0. The number of nitrogens with zero attached hydrogens (tertiary/aromatic N) is 2. The molecular weight excluding hydrogens is 443 g/mol. The van der Waals surface area contributed by atoms with Crippen molar-refractivity contribution in [2.24, 2.45) is 0 Å². The van der Waals surface area contributed by atoms with E-state index < -0.39 is 21.7 Å². The van der Waals surface area contributed by atoms with E-state index in [4.69, 9.17) is 11.6 Å². The predicted octanol–water partition coefficient (Wildman–Crippen LogP) is 3.27. The smallest absolute Gasteiger partial charge is 0.243 e. The van der Waals surface area contributed by atoms with Crippen LogP contribution in [0.5, 0.6) is 0 Å². The van der Waals surface area contributed by atoms with Gasteiger partial charge in [0.15, 0.2) is 0 Å². The number of sulfonamides is 1. The molecule has 0 spiro atoms. The normalized spacial score (nSPS) is 11.6. The Hall–Kier alpha value is -2.75. The van der Waals surface area contributed by atoms with E-state index in [1.165, 1.54) is 19.2 Å². The number of rotatable bonds is 9. The Kier molecular flexibility index (Phi) is 7.42. The van der Waals surface area contributed by atoms with E-state index in [1.807, 2.05) is 12.1 Å². The number of likely N-dealkylation sites (N-methyl/N-ethyl adjacent to an activating group) is 1. The van der Waals surface area contributed by atoms with Gasteiger partial charge in [-0.15, -0.1) is 0 Å². The fraction of sp³-hybridized carbons (Fsp3) is 0.238. The van der Waals surface area contributed by atoms with Crippen LogP contribution in [0.2, 0.25) is 5.02 Å². The summed E-state index contributed by atoms with van der Waals surface area (Å²) in [6.45, 7) is 0.653. The number of anilines is 1. The SMILES string of the molecule is CN(CC(=O)NCCCNc1ccnc2cc(Cl)ccc12)S(=O)(=O)c1ccc(F)cc1. The Morgan fingerprint density at radius 3 is 2.61 bits per heavy atom. The van der Waals surface area contributed by atoms with Gasteiger partial charge in [-0.25, -0.2) is 12.8 Å². The number of aromatic nitrogens is 1. The molecule has 1 amide bonds. The fourth-order valence-electron chi connectivity index (χ4n) is 2.94. The van der Waals surface area contributed by atoms with Crippen LogP contribution in [0.1, 0.15) is 6.42 Å². The second-order valence-corrected chi connectivity index (χ2v) is 9.35. The highest BCUT2D eigenvalue weighted by molar-refractivity contribution is 7.89. The van der Waals surface area contributed by atoms with Gasteiger partial charge in [-0.05, 0) is 55.0 Å². The van der Waals surface area contributed by atoms with Crippen LogP contribution in [0, 0.1) is 5.82 Å². The molecule has 0 fully saturated rings. The number of carbonyl (C=O) groups excluding carboxylic acids is 1. The van der Waals surface area contributed by atoms with Crippen molar-refractivity contribution < 1.29 is 17.6 Å². The average molecular weight is 465 g/mol. The molecule has 1 heterocycles. The molecule has 10 heteroatoms. The quantitative estimate of drug-likeness (QED) is 0.474. The fourth-order valence-corrected chi connectivity index (χ4v) is 4.24. The molecule has 0 unspecified atom stereocenters. The lowest BCUT2D eigenvalue weighted by Crippen LogP contribution is -2.38. The Morgan fingerprint density at radius 1 is 1.13 bits per heavy atom. The molecule has 0 saturated carbocycles. The molecule has 0 saturated heterocycles. The van der Waals surface area contributed by atoms with E-state index in [-0.39, 0.29) is 11.4 Å². The van der Waals surface area contributed by atoms with E-state index in [2.05, 4.69) is 15.6 Å². The minimum atomic E-state index is -3.87. The Bertz CT molecular complexity index is 1170. The van der Waals surface area contributed by atoms with Crippen molar-refractivity contribution in [2.45, 2.75) is 11.3 Å². The summed E-state index contributed by atoms with van der Waals surface area (Å²) in [4.78, 5) is 16.3. The van der Waals surface area contributed by atoms with Gasteiger partial charge in [-0.2, -0.15) is 4.31 Å². The summed E-state index contributed by atoms with van der Waals surface area (Å²) in [5.74, 6) is -0.950. The van der Waals surface area contributed by atoms with E-state index in [0.717, 1.165) is 33.0 Å². The van der Waals surface area contributed by atoms with Gasteiger partial charge in [0.05, 0.1) is 17.0 Å². The molecule has 0 aliphatic heterocycles. The predicted molar refractivity (Wildman–Crippen MR) is 119 cm³/mol. The first-order chi connectivity index (χ1) is 14.8. The van der Waals surface area contributed by atoms with E-state index in [1.54, 1.807) is 18.3 Å². The number of hydrogen-bond donors (Lipinski definition) is 2. The van der Waals surface area contributed by atoms with Gasteiger partial charge >= 0.3 is 0 Å². The van der Waals surface area contributed by atoms with Crippen LogP contribution in [0.4, 0.5) is 10.1 Å². The van der Waals surface area contributed by atoms with E-state index in [9.17, 15) is 17.6 Å². The van der Waals surface area contributed by atoms with Crippen molar-refractivity contribution in [3.05, 3.63) is 65.6 Å². The molecule has 3 rings (SSSR count). The van der Waals surface area contributed by atoms with Crippen LogP contribution in [-0.4, -0.2) is 50.3 Å². The first-order valence-corrected chi connectivity index (χ1v) is 11.4. The Morgan fingerprint density at radius 2 is 1.87 bits per heavy atom.